The molecule has 25 heavy (non-hydrogen) atoms. The Balaban J connectivity index is 2.08. The van der Waals surface area contributed by atoms with Crippen molar-refractivity contribution in [3.63, 3.8) is 0 Å². The van der Waals surface area contributed by atoms with Gasteiger partial charge in [-0.25, -0.2) is 4.99 Å². The van der Waals surface area contributed by atoms with E-state index in [0.717, 1.165) is 5.56 Å². The summed E-state index contributed by atoms with van der Waals surface area (Å²) in [5.41, 5.74) is 1.23. The van der Waals surface area contributed by atoms with Gasteiger partial charge >= 0.3 is 0 Å². The number of halogens is 2. The number of nitrogens with one attached hydrogen (secondary N) is 1. The first-order chi connectivity index (χ1) is 12.1. The van der Waals surface area contributed by atoms with Crippen LogP contribution >= 0.6 is 23.2 Å². The summed E-state index contributed by atoms with van der Waals surface area (Å²) in [5.74, 6) is -0.402. The SMILES string of the molecule is COCCOC(=NCc1cccnc1)NC(=O)c1ccc(Cl)c(Cl)c1. The Bertz CT molecular complexity index is 739. The van der Waals surface area contributed by atoms with E-state index < -0.39 is 5.91 Å². The molecule has 2 aromatic rings. The molecular formula is C17H17Cl2N3O3. The number of pyridine rings is 1. The Labute approximate surface area is 155 Å². The highest BCUT2D eigenvalue weighted by atomic mass is 35.5. The van der Waals surface area contributed by atoms with Gasteiger partial charge in [0.05, 0.1) is 23.2 Å². The van der Waals surface area contributed by atoms with Crippen LogP contribution in [0.5, 0.6) is 0 Å². The normalized spacial score (nSPS) is 11.2. The zero-order valence-corrected chi connectivity index (χ0v) is 15.0. The zero-order chi connectivity index (χ0) is 18.1. The minimum atomic E-state index is -0.402. The second kappa shape index (κ2) is 9.98. The smallest absolute Gasteiger partial charge is 0.292 e. The number of aromatic nitrogens is 1. The minimum absolute atomic E-state index is 0.0944. The number of nitrogens with zero attached hydrogens (tertiary/aromatic N) is 2. The third-order valence-electron chi connectivity index (χ3n) is 3.06. The van der Waals surface area contributed by atoms with Gasteiger partial charge in [-0.15, -0.1) is 0 Å². The molecule has 8 heteroatoms. The van der Waals surface area contributed by atoms with Gasteiger partial charge in [-0.2, -0.15) is 0 Å². The van der Waals surface area contributed by atoms with Crippen molar-refractivity contribution in [3.05, 3.63) is 63.9 Å². The van der Waals surface area contributed by atoms with Gasteiger partial charge in [-0.05, 0) is 29.8 Å². The maximum atomic E-state index is 12.3. The molecule has 2 rings (SSSR count). The van der Waals surface area contributed by atoms with E-state index in [4.69, 9.17) is 32.7 Å². The van der Waals surface area contributed by atoms with E-state index in [1.807, 2.05) is 12.1 Å². The molecule has 0 aliphatic carbocycles. The van der Waals surface area contributed by atoms with Crippen LogP contribution in [0.15, 0.2) is 47.7 Å². The Morgan fingerprint density at radius 3 is 2.76 bits per heavy atom. The number of carbonyl (C=O) groups is 1. The van der Waals surface area contributed by atoms with Crippen LogP contribution in [0.25, 0.3) is 0 Å². The molecule has 1 N–H and O–H groups in total. The molecule has 0 saturated heterocycles. The van der Waals surface area contributed by atoms with Crippen molar-refractivity contribution >= 4 is 35.1 Å². The molecule has 6 nitrogen and oxygen atoms in total. The summed E-state index contributed by atoms with van der Waals surface area (Å²) < 4.78 is 10.4. The maximum Gasteiger partial charge on any atom is 0.292 e. The molecule has 0 radical (unpaired) electrons. The molecule has 0 spiro atoms. The number of rotatable bonds is 6. The van der Waals surface area contributed by atoms with Crippen LogP contribution in [0.4, 0.5) is 0 Å². The summed E-state index contributed by atoms with van der Waals surface area (Å²) in [4.78, 5) is 20.6. The number of amides is 1. The molecule has 1 aromatic carbocycles. The van der Waals surface area contributed by atoms with Gasteiger partial charge < -0.3 is 9.47 Å². The fourth-order valence-electron chi connectivity index (χ4n) is 1.80. The van der Waals surface area contributed by atoms with Crippen molar-refractivity contribution < 1.29 is 14.3 Å². The summed E-state index contributed by atoms with van der Waals surface area (Å²) in [6.07, 6.45) is 3.37. The van der Waals surface area contributed by atoms with E-state index in [1.54, 1.807) is 31.6 Å². The highest BCUT2D eigenvalue weighted by Crippen LogP contribution is 2.22. The monoisotopic (exact) mass is 381 g/mol. The number of methoxy groups -OCH3 is 1. The molecular weight excluding hydrogens is 365 g/mol. The molecule has 0 aliphatic rings. The lowest BCUT2D eigenvalue weighted by atomic mass is 10.2. The van der Waals surface area contributed by atoms with E-state index in [2.05, 4.69) is 15.3 Å². The molecule has 0 saturated carbocycles. The molecule has 0 atom stereocenters. The molecule has 0 bridgehead atoms. The van der Waals surface area contributed by atoms with E-state index >= 15 is 0 Å². The summed E-state index contributed by atoms with van der Waals surface area (Å²) in [6, 6.07) is 8.38. The number of benzene rings is 1. The van der Waals surface area contributed by atoms with Crippen molar-refractivity contribution in [2.75, 3.05) is 20.3 Å². The molecule has 0 fully saturated rings. The summed E-state index contributed by atoms with van der Waals surface area (Å²) >= 11 is 11.8. The predicted molar refractivity (Wildman–Crippen MR) is 97.1 cm³/mol. The van der Waals surface area contributed by atoms with Crippen LogP contribution in [0, 0.1) is 0 Å². The van der Waals surface area contributed by atoms with Gasteiger partial charge in [0.15, 0.2) is 0 Å². The van der Waals surface area contributed by atoms with Crippen molar-refractivity contribution in [2.24, 2.45) is 4.99 Å². The largest absolute Gasteiger partial charge is 0.463 e. The van der Waals surface area contributed by atoms with Gasteiger partial charge in [0.2, 0.25) is 0 Å². The first-order valence-corrected chi connectivity index (χ1v) is 8.17. The quantitative estimate of drug-likeness (QED) is 0.473. The Kier molecular flexibility index (Phi) is 7.66. The highest BCUT2D eigenvalue weighted by molar-refractivity contribution is 6.42. The average Bonchev–Trinajstić information content (AvgIpc) is 2.62. The molecule has 0 aliphatic heterocycles. The van der Waals surface area contributed by atoms with Gasteiger partial charge in [-0.1, -0.05) is 29.3 Å². The van der Waals surface area contributed by atoms with Crippen LogP contribution in [0.3, 0.4) is 0 Å². The van der Waals surface area contributed by atoms with E-state index in [-0.39, 0.29) is 12.6 Å². The van der Waals surface area contributed by atoms with Crippen LogP contribution in [0.1, 0.15) is 15.9 Å². The first-order valence-electron chi connectivity index (χ1n) is 7.41. The van der Waals surface area contributed by atoms with E-state index in [0.29, 0.717) is 28.8 Å². The second-order valence-electron chi connectivity index (χ2n) is 4.91. The second-order valence-corrected chi connectivity index (χ2v) is 5.72. The zero-order valence-electron chi connectivity index (χ0n) is 13.5. The van der Waals surface area contributed by atoms with Crippen molar-refractivity contribution in [1.82, 2.24) is 10.3 Å². The fraction of sp³-hybridized carbons (Fsp3) is 0.235. The first kappa shape index (κ1) is 19.2. The fourth-order valence-corrected chi connectivity index (χ4v) is 2.10. The van der Waals surface area contributed by atoms with Crippen LogP contribution in [-0.4, -0.2) is 37.2 Å². The van der Waals surface area contributed by atoms with Crippen LogP contribution < -0.4 is 5.32 Å². The molecule has 132 valence electrons. The third kappa shape index (κ3) is 6.34. The third-order valence-corrected chi connectivity index (χ3v) is 3.80. The van der Waals surface area contributed by atoms with Gasteiger partial charge in [0.25, 0.3) is 11.9 Å². The Morgan fingerprint density at radius 1 is 1.24 bits per heavy atom. The standard InChI is InChI=1S/C17H17Cl2N3O3/c1-24-7-8-25-17(21-11-12-3-2-6-20-10-12)22-16(23)13-4-5-14(18)15(19)9-13/h2-6,9-10H,7-8,11H2,1H3,(H,21,22,23). The van der Waals surface area contributed by atoms with Crippen LogP contribution in [-0.2, 0) is 16.0 Å². The van der Waals surface area contributed by atoms with Crippen LogP contribution in [0.2, 0.25) is 10.0 Å². The highest BCUT2D eigenvalue weighted by Gasteiger charge is 2.12. The number of ether oxygens (including phenoxy) is 2. The van der Waals surface area contributed by atoms with Gasteiger partial charge in [-0.3, -0.25) is 15.1 Å². The number of hydrogen-bond acceptors (Lipinski definition) is 5. The molecule has 1 aromatic heterocycles. The van der Waals surface area contributed by atoms with Crippen molar-refractivity contribution in [2.45, 2.75) is 6.54 Å². The lowest BCUT2D eigenvalue weighted by Crippen LogP contribution is -2.33. The summed E-state index contributed by atoms with van der Waals surface area (Å²) in [6.45, 7) is 0.941. The van der Waals surface area contributed by atoms with Crippen molar-refractivity contribution in [1.29, 1.82) is 0 Å². The Morgan fingerprint density at radius 2 is 2.08 bits per heavy atom. The van der Waals surface area contributed by atoms with Crippen molar-refractivity contribution in [3.8, 4) is 0 Å². The molecule has 1 heterocycles. The lowest BCUT2D eigenvalue weighted by molar-refractivity contribution is 0.0954. The van der Waals surface area contributed by atoms with Gasteiger partial charge in [0, 0.05) is 25.1 Å². The topological polar surface area (TPSA) is 72.8 Å². The number of aliphatic imine (C=N–C) groups is 1. The molecule has 0 unspecified atom stereocenters. The van der Waals surface area contributed by atoms with E-state index in [9.17, 15) is 4.79 Å². The maximum absolute atomic E-state index is 12.3. The molecule has 1 amide bonds. The lowest BCUT2D eigenvalue weighted by Gasteiger charge is -2.11. The number of carbonyl (C=O) groups excluding carboxylic acids is 1. The van der Waals surface area contributed by atoms with Gasteiger partial charge in [0.1, 0.15) is 6.61 Å². The summed E-state index contributed by atoms with van der Waals surface area (Å²) in [7, 11) is 1.56. The summed E-state index contributed by atoms with van der Waals surface area (Å²) in [5, 5.41) is 3.29. The average molecular weight is 382 g/mol. The minimum Gasteiger partial charge on any atom is -0.463 e. The van der Waals surface area contributed by atoms with E-state index in [1.165, 1.54) is 6.07 Å². The number of hydrogen-bond donors (Lipinski definition) is 1. The number of amidine groups is 1. The Hall–Kier alpha value is -2.15. The predicted octanol–water partition coefficient (Wildman–Crippen LogP) is 3.34.